The van der Waals surface area contributed by atoms with Gasteiger partial charge in [0, 0.05) is 16.1 Å². The van der Waals surface area contributed by atoms with E-state index in [1.54, 1.807) is 36.4 Å². The van der Waals surface area contributed by atoms with E-state index < -0.39 is 11.8 Å². The van der Waals surface area contributed by atoms with Gasteiger partial charge >= 0.3 is 0 Å². The molecule has 2 aromatic rings. The number of ether oxygens (including phenoxy) is 2. The number of hydrazone groups is 1. The first kappa shape index (κ1) is 19.0. The van der Waals surface area contributed by atoms with E-state index in [4.69, 9.17) is 32.7 Å². The SMILES string of the molecule is O=C(CNC(=O)c1ccc2c(c1)OCCO2)NN=Cc1ccc(Cl)cc1Cl. The first-order valence-electron chi connectivity index (χ1n) is 7.98. The summed E-state index contributed by atoms with van der Waals surface area (Å²) in [4.78, 5) is 24.0. The van der Waals surface area contributed by atoms with Crippen LogP contribution in [0.5, 0.6) is 11.5 Å². The fourth-order valence-corrected chi connectivity index (χ4v) is 2.72. The Morgan fingerprint density at radius 2 is 1.85 bits per heavy atom. The number of benzene rings is 2. The van der Waals surface area contributed by atoms with Crippen molar-refractivity contribution in [3.63, 3.8) is 0 Å². The average Bonchev–Trinajstić information content (AvgIpc) is 2.67. The number of carbonyl (C=O) groups is 2. The largest absolute Gasteiger partial charge is 0.486 e. The molecular formula is C18H15Cl2N3O4. The normalized spacial score (nSPS) is 12.7. The Morgan fingerprint density at radius 1 is 1.07 bits per heavy atom. The highest BCUT2D eigenvalue weighted by Gasteiger charge is 2.15. The first-order valence-corrected chi connectivity index (χ1v) is 8.73. The van der Waals surface area contributed by atoms with Crippen molar-refractivity contribution in [1.82, 2.24) is 10.7 Å². The van der Waals surface area contributed by atoms with Gasteiger partial charge in [0.05, 0.1) is 17.8 Å². The minimum absolute atomic E-state index is 0.237. The monoisotopic (exact) mass is 407 g/mol. The lowest BCUT2D eigenvalue weighted by Crippen LogP contribution is -2.35. The maximum absolute atomic E-state index is 12.2. The van der Waals surface area contributed by atoms with E-state index in [0.29, 0.717) is 45.9 Å². The Bertz CT molecular complexity index is 902. The smallest absolute Gasteiger partial charge is 0.259 e. The number of nitrogens with one attached hydrogen (secondary N) is 2. The zero-order valence-corrected chi connectivity index (χ0v) is 15.5. The molecule has 0 bridgehead atoms. The molecule has 27 heavy (non-hydrogen) atoms. The number of rotatable bonds is 5. The molecule has 0 fully saturated rings. The van der Waals surface area contributed by atoms with Gasteiger partial charge < -0.3 is 14.8 Å². The van der Waals surface area contributed by atoms with E-state index in [-0.39, 0.29) is 6.54 Å². The molecule has 0 unspecified atom stereocenters. The van der Waals surface area contributed by atoms with Crippen molar-refractivity contribution >= 4 is 41.2 Å². The van der Waals surface area contributed by atoms with Gasteiger partial charge in [0.25, 0.3) is 11.8 Å². The van der Waals surface area contributed by atoms with Crippen LogP contribution in [0.3, 0.4) is 0 Å². The van der Waals surface area contributed by atoms with Crippen LogP contribution in [0.15, 0.2) is 41.5 Å². The molecule has 1 heterocycles. The van der Waals surface area contributed by atoms with Gasteiger partial charge in [0.1, 0.15) is 13.2 Å². The molecule has 1 aliphatic rings. The van der Waals surface area contributed by atoms with Crippen LogP contribution in [-0.2, 0) is 4.79 Å². The van der Waals surface area contributed by atoms with E-state index in [1.807, 2.05) is 0 Å². The molecule has 2 aromatic carbocycles. The minimum atomic E-state index is -0.484. The fraction of sp³-hybridized carbons (Fsp3) is 0.167. The van der Waals surface area contributed by atoms with Crippen LogP contribution in [0, 0.1) is 0 Å². The number of hydrogen-bond acceptors (Lipinski definition) is 5. The van der Waals surface area contributed by atoms with E-state index in [1.165, 1.54) is 6.21 Å². The van der Waals surface area contributed by atoms with Gasteiger partial charge in [-0.25, -0.2) is 5.43 Å². The molecule has 140 valence electrons. The van der Waals surface area contributed by atoms with Crippen LogP contribution in [-0.4, -0.2) is 37.8 Å². The fourth-order valence-electron chi connectivity index (χ4n) is 2.27. The molecule has 0 spiro atoms. The van der Waals surface area contributed by atoms with Gasteiger partial charge in [0.2, 0.25) is 0 Å². The predicted octanol–water partition coefficient (Wildman–Crippen LogP) is 2.64. The summed E-state index contributed by atoms with van der Waals surface area (Å²) in [5.74, 6) is 0.197. The molecule has 2 amide bonds. The highest BCUT2D eigenvalue weighted by molar-refractivity contribution is 6.36. The van der Waals surface area contributed by atoms with Crippen molar-refractivity contribution in [2.45, 2.75) is 0 Å². The maximum atomic E-state index is 12.2. The molecule has 7 nitrogen and oxygen atoms in total. The number of fused-ring (bicyclic) bond motifs is 1. The van der Waals surface area contributed by atoms with Crippen LogP contribution >= 0.6 is 23.2 Å². The number of halogens is 2. The van der Waals surface area contributed by atoms with E-state index in [0.717, 1.165) is 0 Å². The van der Waals surface area contributed by atoms with Gasteiger partial charge in [-0.3, -0.25) is 9.59 Å². The zero-order valence-electron chi connectivity index (χ0n) is 14.0. The summed E-state index contributed by atoms with van der Waals surface area (Å²) in [7, 11) is 0. The third kappa shape index (κ3) is 5.12. The molecule has 0 aromatic heterocycles. The molecule has 0 aliphatic carbocycles. The summed E-state index contributed by atoms with van der Waals surface area (Å²) >= 11 is 11.8. The van der Waals surface area contributed by atoms with Gasteiger partial charge in [-0.05, 0) is 30.3 Å². The standard InChI is InChI=1S/C18H15Cl2N3O4/c19-13-3-1-12(14(20)8-13)9-22-23-17(24)10-21-18(25)11-2-4-15-16(7-11)27-6-5-26-15/h1-4,7-9H,5-6,10H2,(H,21,25)(H,23,24). The van der Waals surface area contributed by atoms with E-state index >= 15 is 0 Å². The van der Waals surface area contributed by atoms with Crippen molar-refractivity contribution in [2.75, 3.05) is 19.8 Å². The molecule has 0 atom stereocenters. The Labute approximate surface area is 165 Å². The Hall–Kier alpha value is -2.77. The van der Waals surface area contributed by atoms with Gasteiger partial charge in [0.15, 0.2) is 11.5 Å². The highest BCUT2D eigenvalue weighted by Crippen LogP contribution is 2.30. The molecule has 0 saturated carbocycles. The van der Waals surface area contributed by atoms with Crippen LogP contribution in [0.1, 0.15) is 15.9 Å². The van der Waals surface area contributed by atoms with Crippen molar-refractivity contribution in [3.8, 4) is 11.5 Å². The molecule has 0 saturated heterocycles. The zero-order chi connectivity index (χ0) is 19.2. The van der Waals surface area contributed by atoms with Crippen LogP contribution in [0.4, 0.5) is 0 Å². The molecule has 2 N–H and O–H groups in total. The van der Waals surface area contributed by atoms with E-state index in [9.17, 15) is 9.59 Å². The lowest BCUT2D eigenvalue weighted by atomic mass is 10.2. The van der Waals surface area contributed by atoms with Gasteiger partial charge in [-0.2, -0.15) is 5.10 Å². The summed E-state index contributed by atoms with van der Waals surface area (Å²) in [6.07, 6.45) is 1.39. The van der Waals surface area contributed by atoms with Crippen LogP contribution in [0.2, 0.25) is 10.0 Å². The molecule has 9 heteroatoms. The number of amides is 2. The van der Waals surface area contributed by atoms with Gasteiger partial charge in [-0.15, -0.1) is 0 Å². The van der Waals surface area contributed by atoms with Crippen LogP contribution in [0.25, 0.3) is 0 Å². The third-order valence-electron chi connectivity index (χ3n) is 3.57. The summed E-state index contributed by atoms with van der Waals surface area (Å²) < 4.78 is 10.8. The second kappa shape index (κ2) is 8.75. The lowest BCUT2D eigenvalue weighted by Gasteiger charge is -2.18. The quantitative estimate of drug-likeness (QED) is 0.588. The van der Waals surface area contributed by atoms with Crippen molar-refractivity contribution < 1.29 is 19.1 Å². The number of carbonyl (C=O) groups excluding carboxylic acids is 2. The highest BCUT2D eigenvalue weighted by atomic mass is 35.5. The van der Waals surface area contributed by atoms with Gasteiger partial charge in [-0.1, -0.05) is 29.3 Å². The van der Waals surface area contributed by atoms with Crippen LogP contribution < -0.4 is 20.2 Å². The number of hydrogen-bond donors (Lipinski definition) is 2. The predicted molar refractivity (Wildman–Crippen MR) is 102 cm³/mol. The maximum Gasteiger partial charge on any atom is 0.259 e. The van der Waals surface area contributed by atoms with E-state index in [2.05, 4.69) is 15.8 Å². The Balaban J connectivity index is 1.50. The number of nitrogens with zero attached hydrogens (tertiary/aromatic N) is 1. The third-order valence-corrected chi connectivity index (χ3v) is 4.13. The van der Waals surface area contributed by atoms with Crippen molar-refractivity contribution in [3.05, 3.63) is 57.6 Å². The lowest BCUT2D eigenvalue weighted by molar-refractivity contribution is -0.120. The Kier molecular flexibility index (Phi) is 6.16. The topological polar surface area (TPSA) is 89.0 Å². The summed E-state index contributed by atoms with van der Waals surface area (Å²) in [5.41, 5.74) is 3.27. The van der Waals surface area contributed by atoms with Crippen molar-refractivity contribution in [1.29, 1.82) is 0 Å². The minimum Gasteiger partial charge on any atom is -0.486 e. The summed E-state index contributed by atoms with van der Waals surface area (Å²) in [6, 6.07) is 9.72. The average molecular weight is 408 g/mol. The molecular weight excluding hydrogens is 393 g/mol. The molecule has 0 radical (unpaired) electrons. The molecule has 1 aliphatic heterocycles. The second-order valence-corrected chi connectivity index (χ2v) is 6.34. The molecule has 3 rings (SSSR count). The summed E-state index contributed by atoms with van der Waals surface area (Å²) in [5, 5.41) is 7.22. The summed E-state index contributed by atoms with van der Waals surface area (Å²) in [6.45, 7) is 0.662. The van der Waals surface area contributed by atoms with Crippen molar-refractivity contribution in [2.24, 2.45) is 5.10 Å². The Morgan fingerprint density at radius 3 is 2.63 bits per heavy atom. The first-order chi connectivity index (χ1) is 13.0. The second-order valence-electron chi connectivity index (χ2n) is 5.50.